The predicted octanol–water partition coefficient (Wildman–Crippen LogP) is 1.78. The maximum Gasteiger partial charge on any atom is 0.334 e. The van der Waals surface area contributed by atoms with E-state index in [0.29, 0.717) is 18.1 Å². The van der Waals surface area contributed by atoms with E-state index in [-0.39, 0.29) is 30.0 Å². The van der Waals surface area contributed by atoms with Crippen LogP contribution in [-0.2, 0) is 11.8 Å². The Morgan fingerprint density at radius 2 is 2.00 bits per heavy atom. The average Bonchev–Trinajstić information content (AvgIpc) is 2.66. The first-order chi connectivity index (χ1) is 9.73. The molecule has 0 aliphatic carbocycles. The number of nitrogens with one attached hydrogen (secondary N) is 2. The van der Waals surface area contributed by atoms with Crippen LogP contribution in [0.25, 0.3) is 0 Å². The lowest BCUT2D eigenvalue weighted by Gasteiger charge is -2.09. The molecule has 1 aromatic rings. The number of hydrogen-bond donors (Lipinski definition) is 2. The number of rotatable bonds is 7. The summed E-state index contributed by atoms with van der Waals surface area (Å²) in [5.41, 5.74) is 0.424. The fraction of sp³-hybridized carbons (Fsp3) is 0.692. The molecule has 0 radical (unpaired) electrons. The summed E-state index contributed by atoms with van der Waals surface area (Å²) in [6, 6.07) is 0.0797. The van der Waals surface area contributed by atoms with Gasteiger partial charge in [-0.3, -0.25) is 14.9 Å². The van der Waals surface area contributed by atoms with Crippen molar-refractivity contribution in [2.45, 2.75) is 46.1 Å². The van der Waals surface area contributed by atoms with Crippen LogP contribution in [0.1, 0.15) is 45.7 Å². The molecule has 0 bridgehead atoms. The van der Waals surface area contributed by atoms with Crippen molar-refractivity contribution in [3.05, 3.63) is 15.8 Å². The van der Waals surface area contributed by atoms with E-state index in [1.54, 1.807) is 7.05 Å². The number of anilines is 1. The van der Waals surface area contributed by atoms with Crippen LogP contribution in [-0.4, -0.2) is 33.2 Å². The Labute approximate surface area is 124 Å². The summed E-state index contributed by atoms with van der Waals surface area (Å²) in [4.78, 5) is 22.4. The Kier molecular flexibility index (Phi) is 5.69. The summed E-state index contributed by atoms with van der Waals surface area (Å²) in [5.74, 6) is 0.198. The number of carbonyl (C=O) groups is 1. The zero-order valence-corrected chi connectivity index (χ0v) is 13.1. The van der Waals surface area contributed by atoms with Crippen molar-refractivity contribution < 1.29 is 9.72 Å². The zero-order valence-electron chi connectivity index (χ0n) is 13.1. The summed E-state index contributed by atoms with van der Waals surface area (Å²) in [6.45, 7) is 7.79. The molecule has 0 aromatic carbocycles. The minimum atomic E-state index is -0.432. The summed E-state index contributed by atoms with van der Waals surface area (Å²) in [6.07, 6.45) is 0.248. The molecule has 2 N–H and O–H groups in total. The maximum absolute atomic E-state index is 11.6. The van der Waals surface area contributed by atoms with Crippen molar-refractivity contribution >= 4 is 17.4 Å². The number of nitrogens with zero attached hydrogens (tertiary/aromatic N) is 3. The van der Waals surface area contributed by atoms with Crippen LogP contribution < -0.4 is 10.6 Å². The molecule has 1 aromatic heterocycles. The lowest BCUT2D eigenvalue weighted by Crippen LogP contribution is -2.31. The Morgan fingerprint density at radius 3 is 2.48 bits per heavy atom. The van der Waals surface area contributed by atoms with Gasteiger partial charge in [0.15, 0.2) is 0 Å². The van der Waals surface area contributed by atoms with Gasteiger partial charge in [-0.1, -0.05) is 13.8 Å². The predicted molar refractivity (Wildman–Crippen MR) is 80.3 cm³/mol. The monoisotopic (exact) mass is 297 g/mol. The van der Waals surface area contributed by atoms with Gasteiger partial charge in [0.25, 0.3) is 0 Å². The minimum Gasteiger partial charge on any atom is -0.364 e. The number of carbonyl (C=O) groups excluding carboxylic acids is 1. The van der Waals surface area contributed by atoms with Gasteiger partial charge in [-0.15, -0.1) is 0 Å². The summed E-state index contributed by atoms with van der Waals surface area (Å²) < 4.78 is 1.45. The largest absolute Gasteiger partial charge is 0.364 e. The van der Waals surface area contributed by atoms with E-state index in [2.05, 4.69) is 15.7 Å². The fourth-order valence-corrected chi connectivity index (χ4v) is 1.99. The molecule has 0 atom stereocenters. The Hall–Kier alpha value is -2.12. The van der Waals surface area contributed by atoms with Crippen LogP contribution in [0.2, 0.25) is 0 Å². The van der Waals surface area contributed by atoms with Gasteiger partial charge >= 0.3 is 5.69 Å². The molecule has 0 fully saturated rings. The molecule has 118 valence electrons. The fourth-order valence-electron chi connectivity index (χ4n) is 1.99. The highest BCUT2D eigenvalue weighted by atomic mass is 16.6. The molecule has 1 heterocycles. The molecule has 1 rings (SSSR count). The molecular weight excluding hydrogens is 274 g/mol. The van der Waals surface area contributed by atoms with Gasteiger partial charge in [0.2, 0.25) is 11.7 Å². The third kappa shape index (κ3) is 4.44. The van der Waals surface area contributed by atoms with Gasteiger partial charge in [-0.25, -0.2) is 4.68 Å². The minimum absolute atomic E-state index is 0.0169. The Bertz CT molecular complexity index is 522. The number of aromatic nitrogens is 2. The van der Waals surface area contributed by atoms with Gasteiger partial charge in [-0.05, 0) is 13.8 Å². The van der Waals surface area contributed by atoms with Crippen LogP contribution in [0, 0.1) is 10.1 Å². The second-order valence-corrected chi connectivity index (χ2v) is 5.52. The van der Waals surface area contributed by atoms with Crippen LogP contribution in [0.3, 0.4) is 0 Å². The normalized spacial score (nSPS) is 11.0. The molecule has 0 aliphatic heterocycles. The van der Waals surface area contributed by atoms with Crippen molar-refractivity contribution in [1.29, 1.82) is 0 Å². The van der Waals surface area contributed by atoms with Gasteiger partial charge in [-0.2, -0.15) is 5.10 Å². The molecular formula is C13H23N5O3. The zero-order chi connectivity index (χ0) is 16.2. The van der Waals surface area contributed by atoms with Gasteiger partial charge < -0.3 is 10.6 Å². The lowest BCUT2D eigenvalue weighted by molar-refractivity contribution is -0.384. The van der Waals surface area contributed by atoms with Gasteiger partial charge in [0, 0.05) is 32.0 Å². The second kappa shape index (κ2) is 7.05. The summed E-state index contributed by atoms with van der Waals surface area (Å²) >= 11 is 0. The average molecular weight is 297 g/mol. The van der Waals surface area contributed by atoms with Crippen molar-refractivity contribution in [1.82, 2.24) is 15.1 Å². The van der Waals surface area contributed by atoms with Gasteiger partial charge in [0.1, 0.15) is 5.69 Å². The SMILES string of the molecule is CC(C)NC(=O)CCNc1c([N+](=O)[O-])c(C(C)C)nn1C. The maximum atomic E-state index is 11.6. The number of aryl methyl sites for hydroxylation is 1. The number of nitro groups is 1. The van der Waals surface area contributed by atoms with E-state index in [1.807, 2.05) is 27.7 Å². The van der Waals surface area contributed by atoms with Crippen molar-refractivity contribution in [3.63, 3.8) is 0 Å². The molecule has 0 unspecified atom stereocenters. The van der Waals surface area contributed by atoms with E-state index in [1.165, 1.54) is 4.68 Å². The first kappa shape index (κ1) is 16.9. The summed E-state index contributed by atoms with van der Waals surface area (Å²) in [5, 5.41) is 21.1. The quantitative estimate of drug-likeness (QED) is 0.590. The lowest BCUT2D eigenvalue weighted by atomic mass is 10.1. The van der Waals surface area contributed by atoms with E-state index in [4.69, 9.17) is 0 Å². The van der Waals surface area contributed by atoms with Crippen molar-refractivity contribution in [2.75, 3.05) is 11.9 Å². The van der Waals surface area contributed by atoms with E-state index in [0.717, 1.165) is 0 Å². The highest BCUT2D eigenvalue weighted by Crippen LogP contribution is 2.32. The first-order valence-corrected chi connectivity index (χ1v) is 6.98. The van der Waals surface area contributed by atoms with Gasteiger partial charge in [0.05, 0.1) is 4.92 Å². The molecule has 0 saturated heterocycles. The van der Waals surface area contributed by atoms with Crippen LogP contribution in [0.4, 0.5) is 11.5 Å². The van der Waals surface area contributed by atoms with Crippen molar-refractivity contribution in [2.24, 2.45) is 7.05 Å². The Morgan fingerprint density at radius 1 is 1.38 bits per heavy atom. The van der Waals surface area contributed by atoms with Crippen LogP contribution in [0.5, 0.6) is 0 Å². The molecule has 0 saturated carbocycles. The van der Waals surface area contributed by atoms with E-state index >= 15 is 0 Å². The smallest absolute Gasteiger partial charge is 0.334 e. The highest BCUT2D eigenvalue weighted by molar-refractivity contribution is 5.76. The molecule has 8 nitrogen and oxygen atoms in total. The molecule has 8 heteroatoms. The third-order valence-electron chi connectivity index (χ3n) is 2.87. The first-order valence-electron chi connectivity index (χ1n) is 6.98. The number of hydrogen-bond acceptors (Lipinski definition) is 5. The van der Waals surface area contributed by atoms with Crippen LogP contribution in [0.15, 0.2) is 0 Å². The number of amides is 1. The molecule has 0 spiro atoms. The molecule has 21 heavy (non-hydrogen) atoms. The van der Waals surface area contributed by atoms with E-state index < -0.39 is 4.92 Å². The topological polar surface area (TPSA) is 102 Å². The van der Waals surface area contributed by atoms with E-state index in [9.17, 15) is 14.9 Å². The summed E-state index contributed by atoms with van der Waals surface area (Å²) in [7, 11) is 1.65. The third-order valence-corrected chi connectivity index (χ3v) is 2.87. The second-order valence-electron chi connectivity index (χ2n) is 5.52. The highest BCUT2D eigenvalue weighted by Gasteiger charge is 2.28. The van der Waals surface area contributed by atoms with Crippen LogP contribution >= 0.6 is 0 Å². The molecule has 1 amide bonds. The standard InChI is InChI=1S/C13H23N5O3/c1-8(2)11-12(18(20)21)13(17(5)16-11)14-7-6-10(19)15-9(3)4/h8-9,14H,6-7H2,1-5H3,(H,15,19). The Balaban J connectivity index is 2.79. The molecule has 0 aliphatic rings. The van der Waals surface area contributed by atoms with Crippen molar-refractivity contribution in [3.8, 4) is 0 Å².